The van der Waals surface area contributed by atoms with Gasteiger partial charge in [0.2, 0.25) is 0 Å². The first-order chi connectivity index (χ1) is 7.44. The predicted molar refractivity (Wildman–Crippen MR) is 66.5 cm³/mol. The van der Waals surface area contributed by atoms with Gasteiger partial charge in [-0.05, 0) is 21.8 Å². The lowest BCUT2D eigenvalue weighted by Crippen LogP contribution is -2.70. The molecule has 0 amide bonds. The van der Waals surface area contributed by atoms with Crippen LogP contribution in [0.25, 0.3) is 0 Å². The van der Waals surface area contributed by atoms with Crippen molar-refractivity contribution in [3.05, 3.63) is 21.2 Å². The lowest BCUT2D eigenvalue weighted by atomic mass is 9.80. The summed E-state index contributed by atoms with van der Waals surface area (Å²) in [6.07, 6.45) is 1.41. The second-order valence-electron chi connectivity index (χ2n) is 4.61. The number of halogens is 1. The highest BCUT2D eigenvalue weighted by molar-refractivity contribution is 9.10. The number of nitrogens with two attached hydrogens (primary N) is 1. The number of nitrogens with zero attached hydrogens (tertiary/aromatic N) is 2. The molecule has 88 valence electrons. The van der Waals surface area contributed by atoms with Gasteiger partial charge in [-0.15, -0.1) is 0 Å². The molecular weight excluding hydrogens is 272 g/mol. The molecule has 0 unspecified atom stereocenters. The van der Waals surface area contributed by atoms with Crippen molar-refractivity contribution in [2.24, 2.45) is 11.7 Å². The molecule has 5 nitrogen and oxygen atoms in total. The van der Waals surface area contributed by atoms with Gasteiger partial charge in [0.1, 0.15) is 10.3 Å². The SMILES string of the molecule is CC(C)C1(N)CN(c2nc[nH]c(=O)c2Br)C1. The number of nitrogens with one attached hydrogen (secondary N) is 1. The third kappa shape index (κ3) is 1.76. The average Bonchev–Trinajstić information content (AvgIpc) is 2.17. The zero-order valence-corrected chi connectivity index (χ0v) is 10.9. The molecule has 0 saturated carbocycles. The minimum Gasteiger partial charge on any atom is -0.352 e. The monoisotopic (exact) mass is 286 g/mol. The third-order valence-electron chi connectivity index (χ3n) is 3.20. The van der Waals surface area contributed by atoms with E-state index < -0.39 is 0 Å². The van der Waals surface area contributed by atoms with Crippen molar-refractivity contribution in [3.8, 4) is 0 Å². The summed E-state index contributed by atoms with van der Waals surface area (Å²) in [5.41, 5.74) is 5.86. The molecule has 0 aromatic carbocycles. The summed E-state index contributed by atoms with van der Waals surface area (Å²) in [6.45, 7) is 5.69. The molecule has 16 heavy (non-hydrogen) atoms. The first kappa shape index (κ1) is 11.6. The Morgan fingerprint density at radius 3 is 2.81 bits per heavy atom. The van der Waals surface area contributed by atoms with E-state index in [9.17, 15) is 4.79 Å². The fourth-order valence-corrected chi connectivity index (χ4v) is 2.24. The van der Waals surface area contributed by atoms with Crippen LogP contribution in [0.5, 0.6) is 0 Å². The van der Waals surface area contributed by atoms with E-state index in [0.717, 1.165) is 13.1 Å². The van der Waals surface area contributed by atoms with Crippen LogP contribution in [0.1, 0.15) is 13.8 Å². The lowest BCUT2D eigenvalue weighted by Gasteiger charge is -2.51. The molecule has 1 saturated heterocycles. The number of hydrogen-bond donors (Lipinski definition) is 2. The van der Waals surface area contributed by atoms with Crippen LogP contribution in [0.4, 0.5) is 5.82 Å². The maximum atomic E-state index is 11.4. The summed E-state index contributed by atoms with van der Waals surface area (Å²) in [5.74, 6) is 1.09. The minimum absolute atomic E-state index is 0.163. The Morgan fingerprint density at radius 2 is 2.25 bits per heavy atom. The maximum absolute atomic E-state index is 11.4. The summed E-state index contributed by atoms with van der Waals surface area (Å²) < 4.78 is 0.473. The van der Waals surface area contributed by atoms with Crippen LogP contribution in [0, 0.1) is 5.92 Å². The Balaban J connectivity index is 2.19. The molecule has 0 aliphatic carbocycles. The van der Waals surface area contributed by atoms with E-state index in [1.165, 1.54) is 6.33 Å². The fraction of sp³-hybridized carbons (Fsp3) is 0.600. The number of anilines is 1. The number of hydrogen-bond acceptors (Lipinski definition) is 4. The van der Waals surface area contributed by atoms with Gasteiger partial charge in [0.05, 0.1) is 11.9 Å². The molecule has 2 rings (SSSR count). The van der Waals surface area contributed by atoms with Crippen LogP contribution in [-0.4, -0.2) is 28.6 Å². The maximum Gasteiger partial charge on any atom is 0.267 e. The molecule has 1 aliphatic rings. The van der Waals surface area contributed by atoms with Gasteiger partial charge in [0, 0.05) is 13.1 Å². The zero-order chi connectivity index (χ0) is 11.9. The van der Waals surface area contributed by atoms with Crippen molar-refractivity contribution in [2.45, 2.75) is 19.4 Å². The highest BCUT2D eigenvalue weighted by atomic mass is 79.9. The highest BCUT2D eigenvalue weighted by Gasteiger charge is 2.43. The van der Waals surface area contributed by atoms with Crippen LogP contribution in [0.3, 0.4) is 0 Å². The van der Waals surface area contributed by atoms with Gasteiger partial charge in [0.25, 0.3) is 5.56 Å². The fourth-order valence-electron chi connectivity index (χ4n) is 1.77. The second-order valence-corrected chi connectivity index (χ2v) is 5.41. The third-order valence-corrected chi connectivity index (χ3v) is 3.91. The van der Waals surface area contributed by atoms with Gasteiger partial charge in [-0.1, -0.05) is 13.8 Å². The number of H-pyrrole nitrogens is 1. The normalized spacial score (nSPS) is 18.7. The quantitative estimate of drug-likeness (QED) is 0.840. The summed E-state index contributed by atoms with van der Waals surface area (Å²) >= 11 is 3.24. The smallest absolute Gasteiger partial charge is 0.267 e. The largest absolute Gasteiger partial charge is 0.352 e. The Morgan fingerprint density at radius 1 is 1.62 bits per heavy atom. The summed E-state index contributed by atoms with van der Waals surface area (Å²) in [5, 5.41) is 0. The van der Waals surface area contributed by atoms with Gasteiger partial charge < -0.3 is 15.6 Å². The molecule has 1 fully saturated rings. The average molecular weight is 287 g/mol. The lowest BCUT2D eigenvalue weighted by molar-refractivity contribution is 0.243. The molecule has 6 heteroatoms. The van der Waals surface area contributed by atoms with E-state index in [4.69, 9.17) is 5.73 Å². The molecule has 1 aromatic rings. The molecule has 0 atom stereocenters. The number of rotatable bonds is 2. The van der Waals surface area contributed by atoms with E-state index in [-0.39, 0.29) is 11.1 Å². The van der Waals surface area contributed by atoms with E-state index in [1.54, 1.807) is 0 Å². The van der Waals surface area contributed by atoms with Crippen molar-refractivity contribution >= 4 is 21.7 Å². The Kier molecular flexibility index (Phi) is 2.79. The molecule has 3 N–H and O–H groups in total. The van der Waals surface area contributed by atoms with E-state index in [2.05, 4.69) is 39.7 Å². The van der Waals surface area contributed by atoms with Gasteiger partial charge in [-0.2, -0.15) is 0 Å². The molecule has 0 bridgehead atoms. The minimum atomic E-state index is -0.163. The van der Waals surface area contributed by atoms with E-state index in [0.29, 0.717) is 16.2 Å². The summed E-state index contributed by atoms with van der Waals surface area (Å²) in [6, 6.07) is 0. The van der Waals surface area contributed by atoms with Crippen molar-refractivity contribution in [1.82, 2.24) is 9.97 Å². The standard InChI is InChI=1S/C10H15BrN4O/c1-6(2)10(12)3-15(4-10)8-7(11)9(16)14-5-13-8/h5-6H,3-4,12H2,1-2H3,(H,13,14,16). The van der Waals surface area contributed by atoms with Crippen molar-refractivity contribution in [3.63, 3.8) is 0 Å². The summed E-state index contributed by atoms with van der Waals surface area (Å²) in [7, 11) is 0. The zero-order valence-electron chi connectivity index (χ0n) is 9.33. The van der Waals surface area contributed by atoms with Crippen LogP contribution in [0.2, 0.25) is 0 Å². The first-order valence-corrected chi connectivity index (χ1v) is 6.00. The van der Waals surface area contributed by atoms with Crippen LogP contribution in [0.15, 0.2) is 15.6 Å². The molecular formula is C10H15BrN4O. The summed E-state index contributed by atoms with van der Waals surface area (Å²) in [4.78, 5) is 20.1. The molecule has 0 radical (unpaired) electrons. The van der Waals surface area contributed by atoms with Gasteiger partial charge in [-0.25, -0.2) is 4.98 Å². The van der Waals surface area contributed by atoms with Crippen molar-refractivity contribution < 1.29 is 0 Å². The van der Waals surface area contributed by atoms with E-state index >= 15 is 0 Å². The second kappa shape index (κ2) is 3.85. The molecule has 1 aliphatic heterocycles. The van der Waals surface area contributed by atoms with Crippen LogP contribution < -0.4 is 16.2 Å². The van der Waals surface area contributed by atoms with Crippen LogP contribution >= 0.6 is 15.9 Å². The van der Waals surface area contributed by atoms with Gasteiger partial charge in [-0.3, -0.25) is 4.79 Å². The highest BCUT2D eigenvalue weighted by Crippen LogP contribution is 2.32. The number of aromatic amines is 1. The Hall–Kier alpha value is -0.880. The van der Waals surface area contributed by atoms with Crippen LogP contribution in [-0.2, 0) is 0 Å². The predicted octanol–water partition coefficient (Wildman–Crippen LogP) is 0.706. The van der Waals surface area contributed by atoms with Gasteiger partial charge in [0.15, 0.2) is 0 Å². The topological polar surface area (TPSA) is 75.0 Å². The Bertz CT molecular complexity index is 450. The van der Waals surface area contributed by atoms with Crippen molar-refractivity contribution in [2.75, 3.05) is 18.0 Å². The van der Waals surface area contributed by atoms with Crippen molar-refractivity contribution in [1.29, 1.82) is 0 Å². The number of aromatic nitrogens is 2. The molecule has 1 aromatic heterocycles. The Labute approximate surface area is 102 Å². The van der Waals surface area contributed by atoms with Gasteiger partial charge >= 0.3 is 0 Å². The molecule has 2 heterocycles. The molecule has 0 spiro atoms. The van der Waals surface area contributed by atoms with E-state index in [1.807, 2.05) is 4.90 Å². The first-order valence-electron chi connectivity index (χ1n) is 5.21.